The van der Waals surface area contributed by atoms with Crippen molar-refractivity contribution in [2.45, 2.75) is 6.42 Å². The number of anilines is 1. The van der Waals surface area contributed by atoms with E-state index in [4.69, 9.17) is 11.5 Å². The van der Waals surface area contributed by atoms with Crippen LogP contribution >= 0.6 is 15.9 Å². The molecule has 1 atom stereocenters. The first kappa shape index (κ1) is 12.9. The highest BCUT2D eigenvalue weighted by Gasteiger charge is 2.30. The van der Waals surface area contributed by atoms with Crippen LogP contribution in [0.3, 0.4) is 0 Å². The number of benzene rings is 1. The maximum atomic E-state index is 12.2. The SMILES string of the molecule is NC(=O)C1CCN(C(=O)c2cc(N)cc(Br)c2)C1. The first-order valence-corrected chi connectivity index (χ1v) is 6.41. The minimum Gasteiger partial charge on any atom is -0.399 e. The third-order valence-electron chi connectivity index (χ3n) is 3.04. The lowest BCUT2D eigenvalue weighted by atomic mass is 10.1. The predicted octanol–water partition coefficient (Wildman–Crippen LogP) is 0.979. The summed E-state index contributed by atoms with van der Waals surface area (Å²) in [5, 5.41) is 0. The van der Waals surface area contributed by atoms with Crippen LogP contribution in [0.5, 0.6) is 0 Å². The Balaban J connectivity index is 2.15. The van der Waals surface area contributed by atoms with E-state index in [1.54, 1.807) is 23.1 Å². The van der Waals surface area contributed by atoms with Crippen molar-refractivity contribution in [3.05, 3.63) is 28.2 Å². The highest BCUT2D eigenvalue weighted by Crippen LogP contribution is 2.22. The molecule has 0 aliphatic carbocycles. The molecule has 1 aliphatic heterocycles. The van der Waals surface area contributed by atoms with E-state index >= 15 is 0 Å². The van der Waals surface area contributed by atoms with Gasteiger partial charge in [0.15, 0.2) is 0 Å². The van der Waals surface area contributed by atoms with Crippen molar-refractivity contribution < 1.29 is 9.59 Å². The maximum absolute atomic E-state index is 12.2. The molecule has 2 amide bonds. The minimum atomic E-state index is -0.348. The number of hydrogen-bond donors (Lipinski definition) is 2. The van der Waals surface area contributed by atoms with E-state index in [2.05, 4.69) is 15.9 Å². The second kappa shape index (κ2) is 4.97. The van der Waals surface area contributed by atoms with Gasteiger partial charge in [-0.05, 0) is 24.6 Å². The topological polar surface area (TPSA) is 89.4 Å². The molecule has 1 aromatic rings. The van der Waals surface area contributed by atoms with Gasteiger partial charge < -0.3 is 16.4 Å². The molecule has 0 saturated carbocycles. The molecule has 1 saturated heterocycles. The fourth-order valence-electron chi connectivity index (χ4n) is 2.10. The van der Waals surface area contributed by atoms with Gasteiger partial charge in [-0.15, -0.1) is 0 Å². The highest BCUT2D eigenvalue weighted by molar-refractivity contribution is 9.10. The van der Waals surface area contributed by atoms with Crippen LogP contribution in [0.1, 0.15) is 16.8 Å². The van der Waals surface area contributed by atoms with E-state index in [0.717, 1.165) is 4.47 Å². The summed E-state index contributed by atoms with van der Waals surface area (Å²) in [5.41, 5.74) is 12.0. The number of nitrogens with zero attached hydrogens (tertiary/aromatic N) is 1. The number of nitrogens with two attached hydrogens (primary N) is 2. The average Bonchev–Trinajstić information content (AvgIpc) is 2.75. The van der Waals surface area contributed by atoms with Crippen molar-refractivity contribution in [2.75, 3.05) is 18.8 Å². The van der Waals surface area contributed by atoms with Crippen molar-refractivity contribution in [2.24, 2.45) is 11.7 Å². The summed E-state index contributed by atoms with van der Waals surface area (Å²) in [6.07, 6.45) is 0.630. The van der Waals surface area contributed by atoms with Gasteiger partial charge in [0.05, 0.1) is 5.92 Å². The van der Waals surface area contributed by atoms with E-state index in [1.165, 1.54) is 0 Å². The Morgan fingerprint density at radius 3 is 2.61 bits per heavy atom. The quantitative estimate of drug-likeness (QED) is 0.798. The summed E-state index contributed by atoms with van der Waals surface area (Å²) in [6, 6.07) is 5.08. The lowest BCUT2D eigenvalue weighted by Crippen LogP contribution is -2.31. The van der Waals surface area contributed by atoms with Gasteiger partial charge in [0, 0.05) is 28.8 Å². The van der Waals surface area contributed by atoms with Gasteiger partial charge in [-0.25, -0.2) is 0 Å². The number of halogens is 1. The largest absolute Gasteiger partial charge is 0.399 e. The molecule has 6 heteroatoms. The number of rotatable bonds is 2. The van der Waals surface area contributed by atoms with Gasteiger partial charge in [-0.2, -0.15) is 0 Å². The molecule has 1 fully saturated rings. The number of carbonyl (C=O) groups is 2. The number of hydrogen-bond acceptors (Lipinski definition) is 3. The first-order chi connectivity index (χ1) is 8.47. The molecule has 2 rings (SSSR count). The third-order valence-corrected chi connectivity index (χ3v) is 3.50. The van der Waals surface area contributed by atoms with Crippen molar-refractivity contribution in [1.29, 1.82) is 0 Å². The van der Waals surface area contributed by atoms with Crippen LogP contribution in [0.15, 0.2) is 22.7 Å². The van der Waals surface area contributed by atoms with Crippen molar-refractivity contribution >= 4 is 33.4 Å². The minimum absolute atomic E-state index is 0.119. The summed E-state index contributed by atoms with van der Waals surface area (Å²) in [6.45, 7) is 0.944. The van der Waals surface area contributed by atoms with Gasteiger partial charge >= 0.3 is 0 Å². The van der Waals surface area contributed by atoms with E-state index in [9.17, 15) is 9.59 Å². The maximum Gasteiger partial charge on any atom is 0.253 e. The normalized spacial score (nSPS) is 18.9. The zero-order valence-electron chi connectivity index (χ0n) is 9.73. The zero-order chi connectivity index (χ0) is 13.3. The number of primary amides is 1. The molecule has 4 N–H and O–H groups in total. The monoisotopic (exact) mass is 311 g/mol. The molecule has 0 radical (unpaired) electrons. The summed E-state index contributed by atoms with van der Waals surface area (Å²) in [4.78, 5) is 24.9. The Hall–Kier alpha value is -1.56. The number of likely N-dealkylation sites (tertiary alicyclic amines) is 1. The molecule has 0 spiro atoms. The van der Waals surface area contributed by atoms with Crippen LogP contribution in [0.4, 0.5) is 5.69 Å². The third kappa shape index (κ3) is 2.64. The Labute approximate surface area is 113 Å². The lowest BCUT2D eigenvalue weighted by molar-refractivity contribution is -0.121. The number of nitrogen functional groups attached to an aromatic ring is 1. The summed E-state index contributed by atoms with van der Waals surface area (Å²) in [7, 11) is 0. The molecular formula is C12H14BrN3O2. The van der Waals surface area contributed by atoms with E-state index in [-0.39, 0.29) is 17.7 Å². The van der Waals surface area contributed by atoms with Gasteiger partial charge in [-0.3, -0.25) is 9.59 Å². The van der Waals surface area contributed by atoms with Gasteiger partial charge in [0.25, 0.3) is 5.91 Å². The number of amides is 2. The first-order valence-electron chi connectivity index (χ1n) is 5.62. The van der Waals surface area contributed by atoms with E-state index in [0.29, 0.717) is 30.8 Å². The molecular weight excluding hydrogens is 298 g/mol. The summed E-state index contributed by atoms with van der Waals surface area (Å²) >= 11 is 3.30. The molecule has 1 heterocycles. The lowest BCUT2D eigenvalue weighted by Gasteiger charge is -2.16. The second-order valence-electron chi connectivity index (χ2n) is 4.41. The predicted molar refractivity (Wildman–Crippen MR) is 71.8 cm³/mol. The average molecular weight is 312 g/mol. The zero-order valence-corrected chi connectivity index (χ0v) is 11.3. The molecule has 0 bridgehead atoms. The molecule has 1 unspecified atom stereocenters. The van der Waals surface area contributed by atoms with Crippen LogP contribution in [0.25, 0.3) is 0 Å². The van der Waals surface area contributed by atoms with Crippen LogP contribution in [0.2, 0.25) is 0 Å². The standard InChI is InChI=1S/C12H14BrN3O2/c13-9-3-8(4-10(14)5-9)12(18)16-2-1-7(6-16)11(15)17/h3-5,7H,1-2,6,14H2,(H2,15,17). The highest BCUT2D eigenvalue weighted by atomic mass is 79.9. The Morgan fingerprint density at radius 1 is 1.33 bits per heavy atom. The Kier molecular flexibility index (Phi) is 3.56. The van der Waals surface area contributed by atoms with Gasteiger partial charge in [0.2, 0.25) is 5.91 Å². The van der Waals surface area contributed by atoms with Gasteiger partial charge in [0.1, 0.15) is 0 Å². The molecule has 96 valence electrons. The van der Waals surface area contributed by atoms with Crippen LogP contribution in [0, 0.1) is 5.92 Å². The van der Waals surface area contributed by atoms with Crippen LogP contribution in [-0.2, 0) is 4.79 Å². The fraction of sp³-hybridized carbons (Fsp3) is 0.333. The molecule has 0 aromatic heterocycles. The van der Waals surface area contributed by atoms with E-state index in [1.807, 2.05) is 0 Å². The summed E-state index contributed by atoms with van der Waals surface area (Å²) < 4.78 is 0.761. The molecule has 18 heavy (non-hydrogen) atoms. The number of carbonyl (C=O) groups excluding carboxylic acids is 2. The van der Waals surface area contributed by atoms with Crippen molar-refractivity contribution in [3.8, 4) is 0 Å². The Morgan fingerprint density at radius 2 is 2.06 bits per heavy atom. The fourth-order valence-corrected chi connectivity index (χ4v) is 2.61. The van der Waals surface area contributed by atoms with Crippen LogP contribution < -0.4 is 11.5 Å². The molecule has 1 aromatic carbocycles. The Bertz CT molecular complexity index is 484. The van der Waals surface area contributed by atoms with Crippen LogP contribution in [-0.4, -0.2) is 29.8 Å². The van der Waals surface area contributed by atoms with Crippen molar-refractivity contribution in [3.63, 3.8) is 0 Å². The smallest absolute Gasteiger partial charge is 0.253 e. The van der Waals surface area contributed by atoms with Gasteiger partial charge in [-0.1, -0.05) is 15.9 Å². The molecule has 5 nitrogen and oxygen atoms in total. The van der Waals surface area contributed by atoms with E-state index < -0.39 is 0 Å². The van der Waals surface area contributed by atoms with Crippen molar-refractivity contribution in [1.82, 2.24) is 4.90 Å². The second-order valence-corrected chi connectivity index (χ2v) is 5.33. The summed E-state index contributed by atoms with van der Waals surface area (Å²) in [5.74, 6) is -0.704. The molecule has 1 aliphatic rings.